The van der Waals surface area contributed by atoms with Crippen LogP contribution in [0.1, 0.15) is 36.1 Å². The van der Waals surface area contributed by atoms with Crippen LogP contribution in [0, 0.1) is 6.92 Å². The summed E-state index contributed by atoms with van der Waals surface area (Å²) in [5, 5.41) is 3.93. The number of nitrogens with zero attached hydrogens (tertiary/aromatic N) is 1. The van der Waals surface area contributed by atoms with Gasteiger partial charge in [0.05, 0.1) is 30.4 Å². The van der Waals surface area contributed by atoms with E-state index in [1.54, 1.807) is 31.4 Å². The second kappa shape index (κ2) is 7.32. The van der Waals surface area contributed by atoms with Gasteiger partial charge in [-0.1, -0.05) is 17.7 Å². The molecule has 1 aliphatic rings. The van der Waals surface area contributed by atoms with Crippen molar-refractivity contribution < 1.29 is 17.9 Å². The Hall–Kier alpha value is -2.38. The minimum Gasteiger partial charge on any atom is -0.496 e. The number of methoxy groups -OCH3 is 1. The van der Waals surface area contributed by atoms with Crippen molar-refractivity contribution in [2.24, 2.45) is 5.10 Å². The molecule has 0 spiro atoms. The molecule has 1 N–H and O–H groups in total. The van der Waals surface area contributed by atoms with Crippen LogP contribution < -0.4 is 9.57 Å². The highest BCUT2D eigenvalue weighted by Crippen LogP contribution is 2.36. The molecule has 0 unspecified atom stereocenters. The molecule has 0 amide bonds. The molecule has 0 saturated heterocycles. The average molecular weight is 388 g/mol. The zero-order valence-electron chi connectivity index (χ0n) is 15.9. The van der Waals surface area contributed by atoms with E-state index in [0.29, 0.717) is 17.9 Å². The fourth-order valence-electron chi connectivity index (χ4n) is 3.11. The van der Waals surface area contributed by atoms with E-state index in [1.165, 1.54) is 11.8 Å². The van der Waals surface area contributed by atoms with Crippen LogP contribution in [0.3, 0.4) is 0 Å². The lowest BCUT2D eigenvalue weighted by molar-refractivity contribution is -0.0315. The average Bonchev–Trinajstić information content (AvgIpc) is 2.61. The number of aryl methyl sites for hydroxylation is 1. The van der Waals surface area contributed by atoms with Crippen molar-refractivity contribution in [3.63, 3.8) is 0 Å². The molecule has 0 radical (unpaired) electrons. The zero-order valence-corrected chi connectivity index (χ0v) is 16.8. The van der Waals surface area contributed by atoms with Crippen LogP contribution in [0.2, 0.25) is 0 Å². The van der Waals surface area contributed by atoms with Crippen molar-refractivity contribution in [2.45, 2.75) is 37.7 Å². The van der Waals surface area contributed by atoms with Crippen LogP contribution in [-0.2, 0) is 26.8 Å². The topological polar surface area (TPSA) is 77.0 Å². The van der Waals surface area contributed by atoms with Crippen LogP contribution >= 0.6 is 0 Å². The van der Waals surface area contributed by atoms with E-state index < -0.39 is 15.6 Å². The summed E-state index contributed by atoms with van der Waals surface area (Å²) in [7, 11) is -2.14. The molecule has 0 atom stereocenters. The molecule has 1 aliphatic heterocycles. The summed E-state index contributed by atoms with van der Waals surface area (Å²) in [6, 6.07) is 10.5. The van der Waals surface area contributed by atoms with E-state index in [2.05, 4.69) is 9.93 Å². The van der Waals surface area contributed by atoms with Crippen molar-refractivity contribution >= 4 is 16.2 Å². The van der Waals surface area contributed by atoms with Crippen molar-refractivity contribution in [1.82, 2.24) is 4.83 Å². The number of ether oxygens (including phenoxy) is 2. The maximum absolute atomic E-state index is 12.3. The number of sulfonamides is 1. The van der Waals surface area contributed by atoms with Gasteiger partial charge in [0.1, 0.15) is 5.75 Å². The number of benzene rings is 2. The molecule has 2 aromatic rings. The highest BCUT2D eigenvalue weighted by atomic mass is 32.2. The third kappa shape index (κ3) is 4.14. The van der Waals surface area contributed by atoms with Gasteiger partial charge < -0.3 is 9.47 Å². The lowest BCUT2D eigenvalue weighted by atomic mass is 9.87. The number of hydrogen-bond donors (Lipinski definition) is 1. The molecule has 7 heteroatoms. The van der Waals surface area contributed by atoms with Gasteiger partial charge in [-0.15, -0.1) is 0 Å². The molecule has 0 fully saturated rings. The fourth-order valence-corrected chi connectivity index (χ4v) is 3.90. The van der Waals surface area contributed by atoms with Gasteiger partial charge in [-0.2, -0.15) is 13.5 Å². The monoisotopic (exact) mass is 388 g/mol. The third-order valence-electron chi connectivity index (χ3n) is 4.65. The number of rotatable bonds is 5. The largest absolute Gasteiger partial charge is 0.496 e. The highest BCUT2D eigenvalue weighted by Gasteiger charge is 2.29. The minimum absolute atomic E-state index is 0.164. The highest BCUT2D eigenvalue weighted by molar-refractivity contribution is 7.89. The predicted octanol–water partition coefficient (Wildman–Crippen LogP) is 3.12. The van der Waals surface area contributed by atoms with E-state index in [1.807, 2.05) is 32.9 Å². The van der Waals surface area contributed by atoms with Gasteiger partial charge in [0.25, 0.3) is 10.0 Å². The molecule has 2 aromatic carbocycles. The summed E-state index contributed by atoms with van der Waals surface area (Å²) >= 11 is 0. The van der Waals surface area contributed by atoms with Crippen molar-refractivity contribution in [2.75, 3.05) is 13.7 Å². The molecule has 1 heterocycles. The van der Waals surface area contributed by atoms with Crippen LogP contribution in [0.15, 0.2) is 46.4 Å². The fraction of sp³-hybridized carbons (Fsp3) is 0.350. The molecule has 144 valence electrons. The van der Waals surface area contributed by atoms with Crippen LogP contribution in [0.5, 0.6) is 5.75 Å². The Kier molecular flexibility index (Phi) is 5.26. The molecular formula is C20H24N2O4S. The number of nitrogens with one attached hydrogen (secondary N) is 1. The van der Waals surface area contributed by atoms with E-state index in [-0.39, 0.29) is 4.90 Å². The Morgan fingerprint density at radius 2 is 1.93 bits per heavy atom. The SMILES string of the molecule is COc1cc2c(cc1/C=N/NS(=O)(=O)c1ccc(C)cc1)C(C)(C)OCC2. The smallest absolute Gasteiger partial charge is 0.276 e. The summed E-state index contributed by atoms with van der Waals surface area (Å²) < 4.78 is 36.0. The predicted molar refractivity (Wildman–Crippen MR) is 105 cm³/mol. The number of fused-ring (bicyclic) bond motifs is 1. The molecule has 3 rings (SSSR count). The normalized spacial score (nSPS) is 16.1. The second-order valence-corrected chi connectivity index (χ2v) is 8.69. The summed E-state index contributed by atoms with van der Waals surface area (Å²) in [5.74, 6) is 0.643. The lowest BCUT2D eigenvalue weighted by Gasteiger charge is -2.33. The number of hydrogen-bond acceptors (Lipinski definition) is 5. The summed E-state index contributed by atoms with van der Waals surface area (Å²) in [6.45, 7) is 6.58. The zero-order chi connectivity index (χ0) is 19.7. The summed E-state index contributed by atoms with van der Waals surface area (Å²) in [4.78, 5) is 2.41. The quantitative estimate of drug-likeness (QED) is 0.631. The van der Waals surface area contributed by atoms with Crippen LogP contribution in [0.25, 0.3) is 0 Å². The Labute approximate surface area is 160 Å². The molecule has 0 saturated carbocycles. The first-order chi connectivity index (χ1) is 12.7. The van der Waals surface area contributed by atoms with Crippen molar-refractivity contribution in [3.05, 3.63) is 58.7 Å². The van der Waals surface area contributed by atoms with E-state index in [0.717, 1.165) is 17.5 Å². The van der Waals surface area contributed by atoms with Gasteiger partial charge in [-0.25, -0.2) is 4.83 Å². The summed E-state index contributed by atoms with van der Waals surface area (Å²) in [5.41, 5.74) is 3.48. The Morgan fingerprint density at radius 3 is 2.59 bits per heavy atom. The molecule has 27 heavy (non-hydrogen) atoms. The first kappa shape index (κ1) is 19.4. The molecule has 0 bridgehead atoms. The van der Waals surface area contributed by atoms with E-state index in [4.69, 9.17) is 9.47 Å². The van der Waals surface area contributed by atoms with Gasteiger partial charge in [-0.05, 0) is 62.6 Å². The molecular weight excluding hydrogens is 364 g/mol. The van der Waals surface area contributed by atoms with Gasteiger partial charge in [0.15, 0.2) is 0 Å². The summed E-state index contributed by atoms with van der Waals surface area (Å²) in [6.07, 6.45) is 2.27. The molecule has 6 nitrogen and oxygen atoms in total. The van der Waals surface area contributed by atoms with Gasteiger partial charge in [0.2, 0.25) is 0 Å². The first-order valence-electron chi connectivity index (χ1n) is 8.70. The molecule has 0 aromatic heterocycles. The van der Waals surface area contributed by atoms with E-state index >= 15 is 0 Å². The van der Waals surface area contributed by atoms with Crippen LogP contribution in [-0.4, -0.2) is 28.3 Å². The maximum Gasteiger partial charge on any atom is 0.276 e. The van der Waals surface area contributed by atoms with Gasteiger partial charge in [0, 0.05) is 5.56 Å². The van der Waals surface area contributed by atoms with Crippen molar-refractivity contribution in [1.29, 1.82) is 0 Å². The standard InChI is InChI=1S/C20H24N2O4S/c1-14-5-7-17(8-6-14)27(23,24)22-21-13-16-11-18-15(12-19(16)25-4)9-10-26-20(18,2)3/h5-8,11-13,22H,9-10H2,1-4H3/b21-13+. The second-order valence-electron chi connectivity index (χ2n) is 7.03. The Bertz CT molecular complexity index is 964. The molecule has 0 aliphatic carbocycles. The third-order valence-corrected chi connectivity index (χ3v) is 5.88. The van der Waals surface area contributed by atoms with Gasteiger partial charge >= 0.3 is 0 Å². The Balaban J connectivity index is 1.87. The first-order valence-corrected chi connectivity index (χ1v) is 10.2. The lowest BCUT2D eigenvalue weighted by Crippen LogP contribution is -2.29. The van der Waals surface area contributed by atoms with Crippen LogP contribution in [0.4, 0.5) is 0 Å². The minimum atomic E-state index is -3.72. The van der Waals surface area contributed by atoms with Crippen molar-refractivity contribution in [3.8, 4) is 5.75 Å². The number of hydrazone groups is 1. The van der Waals surface area contributed by atoms with Gasteiger partial charge in [-0.3, -0.25) is 0 Å². The Morgan fingerprint density at radius 1 is 1.22 bits per heavy atom. The van der Waals surface area contributed by atoms with E-state index in [9.17, 15) is 8.42 Å². The maximum atomic E-state index is 12.3.